The summed E-state index contributed by atoms with van der Waals surface area (Å²) < 4.78 is 6.58. The maximum Gasteiger partial charge on any atom is 0.234 e. The van der Waals surface area contributed by atoms with Crippen molar-refractivity contribution in [2.24, 2.45) is 0 Å². The zero-order valence-corrected chi connectivity index (χ0v) is 14.9. The highest BCUT2D eigenvalue weighted by molar-refractivity contribution is 6.94. The van der Waals surface area contributed by atoms with Crippen LogP contribution in [-0.2, 0) is 4.12 Å². The summed E-state index contributed by atoms with van der Waals surface area (Å²) in [4.78, 5) is 0. The van der Waals surface area contributed by atoms with Crippen molar-refractivity contribution in [3.05, 3.63) is 79.0 Å². The highest BCUT2D eigenvalue weighted by atomic mass is 28.4. The van der Waals surface area contributed by atoms with Gasteiger partial charge in [-0.2, -0.15) is 0 Å². The molecule has 2 rings (SSSR count). The van der Waals surface area contributed by atoms with E-state index in [0.717, 1.165) is 5.56 Å². The monoisotopic (exact) mass is 310 g/mol. The Labute approximate surface area is 130 Å². The van der Waals surface area contributed by atoms with E-state index in [1.54, 1.807) is 0 Å². The lowest BCUT2D eigenvalue weighted by Gasteiger charge is -2.28. The van der Waals surface area contributed by atoms with Gasteiger partial charge < -0.3 is 4.12 Å². The Morgan fingerprint density at radius 1 is 1.05 bits per heavy atom. The molecule has 0 amide bonds. The van der Waals surface area contributed by atoms with Crippen LogP contribution in [0.5, 0.6) is 0 Å². The van der Waals surface area contributed by atoms with Gasteiger partial charge in [-0.3, -0.25) is 0 Å². The van der Waals surface area contributed by atoms with Gasteiger partial charge in [0.1, 0.15) is 0 Å². The molecule has 0 spiro atoms. The summed E-state index contributed by atoms with van der Waals surface area (Å²) in [6.45, 7) is 12.3. The first-order valence-corrected chi connectivity index (χ1v) is 11.9. The molecule has 108 valence electrons. The van der Waals surface area contributed by atoms with Crippen LogP contribution in [-0.4, -0.2) is 17.4 Å². The van der Waals surface area contributed by atoms with E-state index < -0.39 is 17.4 Å². The van der Waals surface area contributed by atoms with Crippen molar-refractivity contribution in [2.75, 3.05) is 0 Å². The van der Waals surface area contributed by atoms with Crippen molar-refractivity contribution in [2.45, 2.75) is 13.1 Å². The van der Waals surface area contributed by atoms with E-state index in [1.165, 1.54) is 10.4 Å². The predicted molar refractivity (Wildman–Crippen MR) is 98.2 cm³/mol. The van der Waals surface area contributed by atoms with Crippen LogP contribution in [0.2, 0.25) is 13.1 Å². The molecule has 2 unspecified atom stereocenters. The fourth-order valence-corrected chi connectivity index (χ4v) is 8.69. The Morgan fingerprint density at radius 3 is 2.38 bits per heavy atom. The van der Waals surface area contributed by atoms with Crippen LogP contribution in [0.4, 0.5) is 0 Å². The normalized spacial score (nSPS) is 15.0. The van der Waals surface area contributed by atoms with Crippen LogP contribution < -0.4 is 10.4 Å². The van der Waals surface area contributed by atoms with Gasteiger partial charge in [0, 0.05) is 0 Å². The van der Waals surface area contributed by atoms with Crippen LogP contribution >= 0.6 is 0 Å². The van der Waals surface area contributed by atoms with Crippen LogP contribution in [0.3, 0.4) is 0 Å². The van der Waals surface area contributed by atoms with Crippen molar-refractivity contribution in [1.82, 2.24) is 0 Å². The van der Waals surface area contributed by atoms with Gasteiger partial charge in [-0.05, 0) is 29.0 Å². The highest BCUT2D eigenvalue weighted by Gasteiger charge is 2.30. The quantitative estimate of drug-likeness (QED) is 0.745. The first kappa shape index (κ1) is 15.7. The molecule has 0 aromatic heterocycles. The van der Waals surface area contributed by atoms with Crippen molar-refractivity contribution in [3.63, 3.8) is 0 Å². The van der Waals surface area contributed by atoms with Crippen LogP contribution in [0, 0.1) is 0 Å². The fraction of sp³-hybridized carbons (Fsp3) is 0.111. The number of hydrogen-bond acceptors (Lipinski definition) is 1. The van der Waals surface area contributed by atoms with Gasteiger partial charge in [0.05, 0.1) is 0 Å². The molecule has 2 aromatic carbocycles. The fourth-order valence-electron chi connectivity index (χ4n) is 2.38. The molecule has 0 saturated heterocycles. The predicted octanol–water partition coefficient (Wildman–Crippen LogP) is 3.11. The summed E-state index contributed by atoms with van der Waals surface area (Å²) in [5, 5.41) is 2.59. The minimum Gasteiger partial charge on any atom is -0.448 e. The Kier molecular flexibility index (Phi) is 5.12. The minimum absolute atomic E-state index is 1.15. The zero-order chi connectivity index (χ0) is 15.3. The third-order valence-electron chi connectivity index (χ3n) is 3.77. The molecule has 2 atom stereocenters. The Bertz CT molecular complexity index is 624. The molecule has 0 bridgehead atoms. The summed E-state index contributed by atoms with van der Waals surface area (Å²) >= 11 is 0. The maximum absolute atomic E-state index is 6.58. The average Bonchev–Trinajstić information content (AvgIpc) is 2.55. The SMILES string of the molecule is C=Cc1cccc([SiH](C)O[Si](C)(C=C)c2ccccc2)c1. The molecular formula is C18H22OSi2. The van der Waals surface area contributed by atoms with E-state index in [9.17, 15) is 0 Å². The highest BCUT2D eigenvalue weighted by Crippen LogP contribution is 2.10. The average molecular weight is 311 g/mol. The lowest BCUT2D eigenvalue weighted by molar-refractivity contribution is 0.602. The molecule has 0 aliphatic carbocycles. The number of benzene rings is 2. The van der Waals surface area contributed by atoms with Gasteiger partial charge in [-0.25, -0.2) is 0 Å². The molecule has 0 aliphatic rings. The summed E-state index contributed by atoms with van der Waals surface area (Å²) in [6, 6.07) is 19.0. The van der Waals surface area contributed by atoms with Crippen molar-refractivity contribution in [1.29, 1.82) is 0 Å². The summed E-state index contributed by atoms with van der Waals surface area (Å²) in [5.41, 5.74) is 3.18. The van der Waals surface area contributed by atoms with E-state index in [-0.39, 0.29) is 0 Å². The molecular weight excluding hydrogens is 288 g/mol. The minimum atomic E-state index is -2.07. The van der Waals surface area contributed by atoms with Gasteiger partial charge in [-0.15, -0.1) is 6.58 Å². The van der Waals surface area contributed by atoms with Gasteiger partial charge in [0.2, 0.25) is 8.32 Å². The Balaban J connectivity index is 2.25. The van der Waals surface area contributed by atoms with Gasteiger partial charge in [-0.1, -0.05) is 73.0 Å². The topological polar surface area (TPSA) is 9.23 Å². The van der Waals surface area contributed by atoms with Crippen LogP contribution in [0.15, 0.2) is 73.5 Å². The van der Waals surface area contributed by atoms with Crippen molar-refractivity contribution >= 4 is 33.8 Å². The third-order valence-corrected chi connectivity index (χ3v) is 10.7. The van der Waals surface area contributed by atoms with Gasteiger partial charge in [0.25, 0.3) is 0 Å². The Morgan fingerprint density at radius 2 is 1.76 bits per heavy atom. The van der Waals surface area contributed by atoms with Crippen molar-refractivity contribution < 1.29 is 4.12 Å². The molecule has 0 N–H and O–H groups in total. The number of rotatable bonds is 6. The lowest BCUT2D eigenvalue weighted by Crippen LogP contribution is -2.52. The van der Waals surface area contributed by atoms with Crippen LogP contribution in [0.25, 0.3) is 6.08 Å². The lowest BCUT2D eigenvalue weighted by atomic mass is 10.2. The second kappa shape index (κ2) is 6.85. The molecule has 3 heteroatoms. The third kappa shape index (κ3) is 3.70. The molecule has 21 heavy (non-hydrogen) atoms. The van der Waals surface area contributed by atoms with E-state index in [0.29, 0.717) is 0 Å². The smallest absolute Gasteiger partial charge is 0.234 e. The van der Waals surface area contributed by atoms with E-state index in [4.69, 9.17) is 4.12 Å². The summed E-state index contributed by atoms with van der Waals surface area (Å²) in [7, 11) is -3.55. The van der Waals surface area contributed by atoms with E-state index >= 15 is 0 Å². The molecule has 0 radical (unpaired) electrons. The Hall–Kier alpha value is -1.69. The zero-order valence-electron chi connectivity index (χ0n) is 12.8. The largest absolute Gasteiger partial charge is 0.448 e. The summed E-state index contributed by atoms with van der Waals surface area (Å²) in [5.74, 6) is 0. The molecule has 0 saturated carbocycles. The second-order valence-electron chi connectivity index (χ2n) is 5.31. The second-order valence-corrected chi connectivity index (χ2v) is 11.4. The first-order valence-electron chi connectivity index (χ1n) is 7.18. The number of hydrogen-bond donors (Lipinski definition) is 0. The molecule has 0 fully saturated rings. The standard InChI is InChI=1S/C18H22OSi2/c1-5-16-11-10-12-17(15-16)20(3)19-21(4,6-2)18-13-8-7-9-14-18/h5-15,20H,1-2H2,3-4H3. The van der Waals surface area contributed by atoms with E-state index in [1.807, 2.05) is 17.8 Å². The molecule has 0 aliphatic heterocycles. The van der Waals surface area contributed by atoms with Gasteiger partial charge in [0.15, 0.2) is 9.04 Å². The van der Waals surface area contributed by atoms with E-state index in [2.05, 4.69) is 74.8 Å². The summed E-state index contributed by atoms with van der Waals surface area (Å²) in [6.07, 6.45) is 1.88. The van der Waals surface area contributed by atoms with Gasteiger partial charge >= 0.3 is 0 Å². The van der Waals surface area contributed by atoms with Crippen LogP contribution in [0.1, 0.15) is 5.56 Å². The molecule has 0 heterocycles. The first-order chi connectivity index (χ1) is 10.1. The molecule has 2 aromatic rings. The molecule has 1 nitrogen and oxygen atoms in total. The maximum atomic E-state index is 6.58. The van der Waals surface area contributed by atoms with Crippen molar-refractivity contribution in [3.8, 4) is 0 Å².